The summed E-state index contributed by atoms with van der Waals surface area (Å²) in [4.78, 5) is 0. The fourth-order valence-electron chi connectivity index (χ4n) is 7.85. The van der Waals surface area contributed by atoms with Crippen LogP contribution in [0.4, 0.5) is 0 Å². The highest BCUT2D eigenvalue weighted by atomic mass is 14.6. The van der Waals surface area contributed by atoms with Gasteiger partial charge in [-0.1, -0.05) is 46.5 Å². The molecule has 0 saturated heterocycles. The molecule has 4 rings (SSSR count). The summed E-state index contributed by atoms with van der Waals surface area (Å²) in [6, 6.07) is 0. The van der Waals surface area contributed by atoms with Gasteiger partial charge in [0.25, 0.3) is 0 Å². The summed E-state index contributed by atoms with van der Waals surface area (Å²) >= 11 is 0. The highest BCUT2D eigenvalue weighted by Gasteiger charge is 2.52. The van der Waals surface area contributed by atoms with Crippen LogP contribution in [0.1, 0.15) is 91.4 Å². The predicted octanol–water partition coefficient (Wildman–Crippen LogP) is 6.69. The lowest BCUT2D eigenvalue weighted by Crippen LogP contribution is -2.38. The van der Waals surface area contributed by atoms with Gasteiger partial charge in [0.2, 0.25) is 0 Å². The van der Waals surface area contributed by atoms with Gasteiger partial charge in [0.05, 0.1) is 0 Å². The molecule has 0 radical (unpaired) electrons. The molecule has 7 unspecified atom stereocenters. The first-order chi connectivity index (χ1) is 10.6. The monoisotopic (exact) mass is 302 g/mol. The molecule has 0 aromatic heterocycles. The van der Waals surface area contributed by atoms with Crippen molar-refractivity contribution < 1.29 is 0 Å². The molecule has 0 bridgehead atoms. The highest BCUT2D eigenvalue weighted by molar-refractivity contribution is 5.01. The van der Waals surface area contributed by atoms with E-state index in [1.807, 2.05) is 0 Å². The van der Waals surface area contributed by atoms with Crippen molar-refractivity contribution in [3.63, 3.8) is 0 Å². The summed E-state index contributed by atoms with van der Waals surface area (Å²) in [5.41, 5.74) is 0.629. The van der Waals surface area contributed by atoms with E-state index in [4.69, 9.17) is 0 Å². The first kappa shape index (κ1) is 15.5. The third-order valence-corrected chi connectivity index (χ3v) is 8.93. The second-order valence-electron chi connectivity index (χ2n) is 10.2. The lowest BCUT2D eigenvalue weighted by Gasteiger charge is -2.47. The van der Waals surface area contributed by atoms with E-state index in [-0.39, 0.29) is 0 Å². The van der Waals surface area contributed by atoms with Crippen molar-refractivity contribution in [3.05, 3.63) is 0 Å². The van der Waals surface area contributed by atoms with E-state index >= 15 is 0 Å². The van der Waals surface area contributed by atoms with Crippen LogP contribution < -0.4 is 0 Å². The largest absolute Gasteiger partial charge is 0.0620 e. The lowest BCUT2D eigenvalue weighted by atomic mass is 9.58. The standard InChI is InChI=1S/C22H38/c1-15-17-8-4-5-9-18(17)19-12-11-16(14-20(15)19)21-10-6-7-13-22(21,2)3/h15-21H,4-14H2,1-3H3. The molecule has 4 fully saturated rings. The molecule has 0 spiro atoms. The fourth-order valence-corrected chi connectivity index (χ4v) is 7.85. The summed E-state index contributed by atoms with van der Waals surface area (Å²) in [5.74, 6) is 7.63. The van der Waals surface area contributed by atoms with Crippen LogP contribution in [-0.2, 0) is 0 Å². The van der Waals surface area contributed by atoms with Crippen LogP contribution in [0.15, 0.2) is 0 Å². The number of hydrogen-bond acceptors (Lipinski definition) is 0. The maximum absolute atomic E-state index is 2.64. The molecule has 0 amide bonds. The first-order valence-electron chi connectivity index (χ1n) is 10.6. The van der Waals surface area contributed by atoms with Gasteiger partial charge in [-0.25, -0.2) is 0 Å². The molecule has 7 atom stereocenters. The molecule has 0 N–H and O–H groups in total. The van der Waals surface area contributed by atoms with E-state index in [9.17, 15) is 0 Å². The van der Waals surface area contributed by atoms with Gasteiger partial charge in [0.1, 0.15) is 0 Å². The Morgan fingerprint density at radius 3 is 2.14 bits per heavy atom. The fraction of sp³-hybridized carbons (Fsp3) is 1.00. The average Bonchev–Trinajstić information content (AvgIpc) is 2.80. The van der Waals surface area contributed by atoms with Crippen LogP contribution in [0, 0.1) is 46.8 Å². The topological polar surface area (TPSA) is 0 Å². The van der Waals surface area contributed by atoms with Crippen LogP contribution in [-0.4, -0.2) is 0 Å². The Labute approximate surface area is 138 Å². The molecular formula is C22H38. The van der Waals surface area contributed by atoms with Gasteiger partial charge in [-0.3, -0.25) is 0 Å². The molecule has 4 aliphatic carbocycles. The van der Waals surface area contributed by atoms with Gasteiger partial charge >= 0.3 is 0 Å². The van der Waals surface area contributed by atoms with E-state index < -0.39 is 0 Å². The summed E-state index contributed by atoms with van der Waals surface area (Å²) in [6.07, 6.45) is 17.0. The maximum Gasteiger partial charge on any atom is -0.0323 e. The van der Waals surface area contributed by atoms with Gasteiger partial charge in [0, 0.05) is 0 Å². The van der Waals surface area contributed by atoms with Gasteiger partial charge in [-0.05, 0) is 91.8 Å². The summed E-state index contributed by atoms with van der Waals surface area (Å²) < 4.78 is 0. The number of hydrogen-bond donors (Lipinski definition) is 0. The second-order valence-corrected chi connectivity index (χ2v) is 10.2. The van der Waals surface area contributed by atoms with Crippen LogP contribution in [0.3, 0.4) is 0 Å². The van der Waals surface area contributed by atoms with Gasteiger partial charge < -0.3 is 0 Å². The quantitative estimate of drug-likeness (QED) is 0.506. The van der Waals surface area contributed by atoms with Crippen molar-refractivity contribution in [1.82, 2.24) is 0 Å². The van der Waals surface area contributed by atoms with Crippen molar-refractivity contribution in [1.29, 1.82) is 0 Å². The van der Waals surface area contributed by atoms with E-state index in [0.29, 0.717) is 5.41 Å². The Kier molecular flexibility index (Phi) is 4.10. The molecule has 0 nitrogen and oxygen atoms in total. The summed E-state index contributed by atoms with van der Waals surface area (Å²) in [7, 11) is 0. The predicted molar refractivity (Wildman–Crippen MR) is 94.7 cm³/mol. The normalized spacial score (nSPS) is 51.1. The summed E-state index contributed by atoms with van der Waals surface area (Å²) in [6.45, 7) is 7.81. The van der Waals surface area contributed by atoms with E-state index in [2.05, 4.69) is 20.8 Å². The lowest BCUT2D eigenvalue weighted by molar-refractivity contribution is 0.0277. The Bertz CT molecular complexity index is 395. The zero-order valence-electron chi connectivity index (χ0n) is 15.3. The second kappa shape index (κ2) is 5.82. The zero-order chi connectivity index (χ0) is 15.3. The Hall–Kier alpha value is 0. The van der Waals surface area contributed by atoms with E-state index in [0.717, 1.165) is 41.4 Å². The van der Waals surface area contributed by atoms with Crippen molar-refractivity contribution in [2.24, 2.45) is 46.8 Å². The van der Waals surface area contributed by atoms with Gasteiger partial charge in [-0.2, -0.15) is 0 Å². The molecule has 0 aromatic carbocycles. The first-order valence-corrected chi connectivity index (χ1v) is 10.6. The molecule has 0 heteroatoms. The van der Waals surface area contributed by atoms with Crippen molar-refractivity contribution >= 4 is 0 Å². The third-order valence-electron chi connectivity index (χ3n) is 8.93. The smallest absolute Gasteiger partial charge is 0.0323 e. The van der Waals surface area contributed by atoms with Crippen LogP contribution in [0.2, 0.25) is 0 Å². The average molecular weight is 303 g/mol. The van der Waals surface area contributed by atoms with Crippen LogP contribution in [0.5, 0.6) is 0 Å². The number of fused-ring (bicyclic) bond motifs is 3. The molecule has 126 valence electrons. The molecule has 0 heterocycles. The van der Waals surface area contributed by atoms with Crippen LogP contribution >= 0.6 is 0 Å². The molecule has 0 aromatic rings. The van der Waals surface area contributed by atoms with E-state index in [1.165, 1.54) is 38.5 Å². The SMILES string of the molecule is CC1C2CCCCC2C2CCC(C3CCCCC3(C)C)CC12. The molecule has 4 aliphatic rings. The Morgan fingerprint density at radius 1 is 0.682 bits per heavy atom. The van der Waals surface area contributed by atoms with Crippen molar-refractivity contribution in [2.75, 3.05) is 0 Å². The van der Waals surface area contributed by atoms with E-state index in [1.54, 1.807) is 32.1 Å². The minimum Gasteiger partial charge on any atom is -0.0620 e. The van der Waals surface area contributed by atoms with Crippen LogP contribution in [0.25, 0.3) is 0 Å². The maximum atomic E-state index is 2.64. The highest BCUT2D eigenvalue weighted by Crippen LogP contribution is 2.60. The zero-order valence-corrected chi connectivity index (χ0v) is 15.3. The van der Waals surface area contributed by atoms with Crippen molar-refractivity contribution in [2.45, 2.75) is 91.4 Å². The Morgan fingerprint density at radius 2 is 1.36 bits per heavy atom. The number of rotatable bonds is 1. The van der Waals surface area contributed by atoms with Crippen molar-refractivity contribution in [3.8, 4) is 0 Å². The molecule has 22 heavy (non-hydrogen) atoms. The minimum absolute atomic E-state index is 0.629. The molecule has 0 aliphatic heterocycles. The van der Waals surface area contributed by atoms with Gasteiger partial charge in [0.15, 0.2) is 0 Å². The molecule has 4 saturated carbocycles. The third kappa shape index (κ3) is 2.48. The molecular weight excluding hydrogens is 264 g/mol. The minimum atomic E-state index is 0.629. The summed E-state index contributed by atoms with van der Waals surface area (Å²) in [5, 5.41) is 0. The Balaban J connectivity index is 1.49. The van der Waals surface area contributed by atoms with Gasteiger partial charge in [-0.15, -0.1) is 0 Å².